The van der Waals surface area contributed by atoms with Gasteiger partial charge in [0.15, 0.2) is 0 Å². The fourth-order valence-corrected chi connectivity index (χ4v) is 3.05. The van der Waals surface area contributed by atoms with E-state index in [-0.39, 0.29) is 24.2 Å². The van der Waals surface area contributed by atoms with Gasteiger partial charge in [-0.05, 0) is 48.5 Å². The third-order valence-electron chi connectivity index (χ3n) is 4.05. The summed E-state index contributed by atoms with van der Waals surface area (Å²) in [6, 6.07) is 14.5. The lowest BCUT2D eigenvalue weighted by atomic mass is 10.1. The molecule has 28 heavy (non-hydrogen) atoms. The second-order valence-corrected chi connectivity index (χ2v) is 7.09. The summed E-state index contributed by atoms with van der Waals surface area (Å²) in [5.74, 6) is -0.973. The van der Waals surface area contributed by atoms with Gasteiger partial charge in [0.05, 0.1) is 5.56 Å². The van der Waals surface area contributed by atoms with Gasteiger partial charge in [-0.2, -0.15) is 0 Å². The molecule has 0 unspecified atom stereocenters. The number of hydrogen-bond acceptors (Lipinski definition) is 3. The zero-order chi connectivity index (χ0) is 20.1. The highest BCUT2D eigenvalue weighted by atomic mass is 79.9. The number of carbonyl (C=O) groups excluding carboxylic acids is 2. The molecule has 0 atom stereocenters. The summed E-state index contributed by atoms with van der Waals surface area (Å²) >= 11 is 3.31. The Hall–Kier alpha value is -3.06. The van der Waals surface area contributed by atoms with Crippen LogP contribution in [0.4, 0.5) is 10.1 Å². The van der Waals surface area contributed by atoms with Crippen LogP contribution in [0.3, 0.4) is 0 Å². The molecule has 0 radical (unpaired) electrons. The molecule has 5 nitrogen and oxygen atoms in total. The first kappa shape index (κ1) is 19.7. The van der Waals surface area contributed by atoms with Crippen LogP contribution in [0, 0.1) is 5.82 Å². The first-order valence-corrected chi connectivity index (χ1v) is 9.24. The predicted molar refractivity (Wildman–Crippen MR) is 109 cm³/mol. The molecule has 0 aliphatic heterocycles. The zero-order valence-corrected chi connectivity index (χ0v) is 16.6. The molecule has 0 bridgehead atoms. The van der Waals surface area contributed by atoms with Gasteiger partial charge in [-0.1, -0.05) is 22.0 Å². The summed E-state index contributed by atoms with van der Waals surface area (Å²) in [6.45, 7) is 0.121. The van der Waals surface area contributed by atoms with Crippen molar-refractivity contribution in [3.8, 4) is 0 Å². The SMILES string of the molecule is CN(Cc1cc(Br)ccc1F)C(=O)c1cccc(NC(=O)c2cccnc2)c1. The molecule has 0 spiro atoms. The molecule has 3 aromatic rings. The Kier molecular flexibility index (Phi) is 6.16. The number of hydrogen-bond donors (Lipinski definition) is 1. The van der Waals surface area contributed by atoms with Crippen molar-refractivity contribution >= 4 is 33.4 Å². The van der Waals surface area contributed by atoms with Gasteiger partial charge in [-0.25, -0.2) is 4.39 Å². The van der Waals surface area contributed by atoms with Crippen LogP contribution in [0.15, 0.2) is 71.5 Å². The van der Waals surface area contributed by atoms with E-state index >= 15 is 0 Å². The Morgan fingerprint density at radius 1 is 1.11 bits per heavy atom. The van der Waals surface area contributed by atoms with Crippen LogP contribution in [-0.4, -0.2) is 28.7 Å². The molecule has 3 rings (SSSR count). The third-order valence-corrected chi connectivity index (χ3v) is 4.55. The van der Waals surface area contributed by atoms with E-state index in [1.807, 2.05) is 0 Å². The molecular formula is C21H17BrFN3O2. The highest BCUT2D eigenvalue weighted by molar-refractivity contribution is 9.10. The lowest BCUT2D eigenvalue weighted by Gasteiger charge is -2.18. The Labute approximate surface area is 170 Å². The van der Waals surface area contributed by atoms with Gasteiger partial charge >= 0.3 is 0 Å². The number of anilines is 1. The Morgan fingerprint density at radius 3 is 2.64 bits per heavy atom. The molecule has 0 aliphatic rings. The third kappa shape index (κ3) is 4.80. The molecule has 7 heteroatoms. The van der Waals surface area contributed by atoms with Crippen molar-refractivity contribution in [3.05, 3.63) is 94.0 Å². The van der Waals surface area contributed by atoms with Gasteiger partial charge in [0.25, 0.3) is 11.8 Å². The van der Waals surface area contributed by atoms with Crippen molar-refractivity contribution in [2.75, 3.05) is 12.4 Å². The van der Waals surface area contributed by atoms with E-state index in [1.54, 1.807) is 61.8 Å². The molecule has 2 aromatic carbocycles. The zero-order valence-electron chi connectivity index (χ0n) is 15.0. The fraction of sp³-hybridized carbons (Fsp3) is 0.0952. The van der Waals surface area contributed by atoms with Gasteiger partial charge in [-0.3, -0.25) is 14.6 Å². The van der Waals surface area contributed by atoms with Crippen molar-refractivity contribution in [2.24, 2.45) is 0 Å². The van der Waals surface area contributed by atoms with Crippen LogP contribution in [0.25, 0.3) is 0 Å². The number of benzene rings is 2. The van der Waals surface area contributed by atoms with Crippen LogP contribution in [-0.2, 0) is 6.54 Å². The number of pyridine rings is 1. The number of rotatable bonds is 5. The first-order chi connectivity index (χ1) is 13.4. The van der Waals surface area contributed by atoms with Gasteiger partial charge < -0.3 is 10.2 Å². The summed E-state index contributed by atoms with van der Waals surface area (Å²) in [4.78, 5) is 30.3. The highest BCUT2D eigenvalue weighted by Gasteiger charge is 2.15. The standard InChI is InChI=1S/C21H17BrFN3O2/c1-26(13-16-10-17(22)7-8-19(16)23)21(28)14-4-2-6-18(11-14)25-20(27)15-5-3-9-24-12-15/h2-12H,13H2,1H3,(H,25,27). The Balaban J connectivity index is 1.72. The van der Waals surface area contributed by atoms with E-state index in [0.717, 1.165) is 4.47 Å². The quantitative estimate of drug-likeness (QED) is 0.633. The van der Waals surface area contributed by atoms with Gasteiger partial charge in [0, 0.05) is 47.3 Å². The van der Waals surface area contributed by atoms with Crippen molar-refractivity contribution in [1.29, 1.82) is 0 Å². The number of amides is 2. The minimum Gasteiger partial charge on any atom is -0.337 e. The average molecular weight is 442 g/mol. The lowest BCUT2D eigenvalue weighted by Crippen LogP contribution is -2.26. The fourth-order valence-electron chi connectivity index (χ4n) is 2.64. The summed E-state index contributed by atoms with van der Waals surface area (Å²) in [5.41, 5.74) is 1.70. The molecule has 1 heterocycles. The topological polar surface area (TPSA) is 62.3 Å². The van der Waals surface area contributed by atoms with Crippen molar-refractivity contribution < 1.29 is 14.0 Å². The molecule has 1 N–H and O–H groups in total. The summed E-state index contributed by atoms with van der Waals surface area (Å²) in [5, 5.41) is 2.74. The minimum absolute atomic E-state index is 0.121. The van der Waals surface area contributed by atoms with Gasteiger partial charge in [0.1, 0.15) is 5.82 Å². The summed E-state index contributed by atoms with van der Waals surface area (Å²) < 4.78 is 14.7. The van der Waals surface area contributed by atoms with E-state index in [4.69, 9.17) is 0 Å². The van der Waals surface area contributed by atoms with Crippen LogP contribution < -0.4 is 5.32 Å². The Bertz CT molecular complexity index is 1010. The maximum atomic E-state index is 14.0. The molecule has 1 aromatic heterocycles. The number of carbonyl (C=O) groups is 2. The van der Waals surface area contributed by atoms with E-state index < -0.39 is 0 Å². The maximum Gasteiger partial charge on any atom is 0.257 e. The van der Waals surface area contributed by atoms with Crippen LogP contribution >= 0.6 is 15.9 Å². The normalized spacial score (nSPS) is 10.4. The monoisotopic (exact) mass is 441 g/mol. The minimum atomic E-state index is -0.375. The second-order valence-electron chi connectivity index (χ2n) is 6.17. The van der Waals surface area contributed by atoms with Crippen LogP contribution in [0.5, 0.6) is 0 Å². The molecule has 0 fully saturated rings. The molecule has 0 aliphatic carbocycles. The average Bonchev–Trinajstić information content (AvgIpc) is 2.71. The highest BCUT2D eigenvalue weighted by Crippen LogP contribution is 2.19. The molecule has 0 saturated heterocycles. The van der Waals surface area contributed by atoms with Gasteiger partial charge in [0.2, 0.25) is 0 Å². The van der Waals surface area contributed by atoms with Crippen molar-refractivity contribution in [1.82, 2.24) is 9.88 Å². The van der Waals surface area contributed by atoms with Crippen molar-refractivity contribution in [2.45, 2.75) is 6.54 Å². The second kappa shape index (κ2) is 8.75. The Morgan fingerprint density at radius 2 is 1.89 bits per heavy atom. The number of nitrogens with one attached hydrogen (secondary N) is 1. The molecule has 142 valence electrons. The van der Waals surface area contributed by atoms with E-state index in [9.17, 15) is 14.0 Å². The first-order valence-electron chi connectivity index (χ1n) is 8.45. The van der Waals surface area contributed by atoms with Crippen molar-refractivity contribution in [3.63, 3.8) is 0 Å². The van der Waals surface area contributed by atoms with E-state index in [2.05, 4.69) is 26.2 Å². The summed E-state index contributed by atoms with van der Waals surface area (Å²) in [7, 11) is 1.60. The number of nitrogens with zero attached hydrogens (tertiary/aromatic N) is 2. The van der Waals surface area contributed by atoms with Crippen LogP contribution in [0.1, 0.15) is 26.3 Å². The smallest absolute Gasteiger partial charge is 0.257 e. The molecule has 0 saturated carbocycles. The lowest BCUT2D eigenvalue weighted by molar-refractivity contribution is 0.0783. The maximum absolute atomic E-state index is 14.0. The predicted octanol–water partition coefficient (Wildman–Crippen LogP) is 4.51. The summed E-state index contributed by atoms with van der Waals surface area (Å²) in [6.07, 6.45) is 3.05. The molecule has 2 amide bonds. The van der Waals surface area contributed by atoms with E-state index in [1.165, 1.54) is 17.2 Å². The largest absolute Gasteiger partial charge is 0.337 e. The van der Waals surface area contributed by atoms with E-state index in [0.29, 0.717) is 22.4 Å². The molecular weight excluding hydrogens is 425 g/mol. The van der Waals surface area contributed by atoms with Gasteiger partial charge in [-0.15, -0.1) is 0 Å². The number of aromatic nitrogens is 1. The van der Waals surface area contributed by atoms with Crippen LogP contribution in [0.2, 0.25) is 0 Å². The number of halogens is 2.